The summed E-state index contributed by atoms with van der Waals surface area (Å²) in [7, 11) is 0. The van der Waals surface area contributed by atoms with Crippen LogP contribution in [0.3, 0.4) is 0 Å². The van der Waals surface area contributed by atoms with E-state index in [9.17, 15) is 59.4 Å². The molecule has 11 atom stereocenters. The first-order chi connectivity index (χ1) is 30.5. The maximum Gasteiger partial charge on any atom is 0.242 e. The van der Waals surface area contributed by atoms with Crippen molar-refractivity contribution in [2.45, 2.75) is 197 Å². The van der Waals surface area contributed by atoms with E-state index in [2.05, 4.69) is 26.6 Å². The maximum atomic E-state index is 13.1. The van der Waals surface area contributed by atoms with Crippen LogP contribution in [0, 0.1) is 0 Å². The van der Waals surface area contributed by atoms with E-state index in [1.165, 1.54) is 6.92 Å². The second-order valence-corrected chi connectivity index (χ2v) is 16.5. The number of hydrogen-bond acceptors (Lipinski definition) is 16. The van der Waals surface area contributed by atoms with Gasteiger partial charge in [-0.2, -0.15) is 0 Å². The summed E-state index contributed by atoms with van der Waals surface area (Å²) in [6.45, 7) is 6.19. The van der Waals surface area contributed by atoms with Gasteiger partial charge < -0.3 is 76.2 Å². The Labute approximate surface area is 376 Å². The molecule has 21 nitrogen and oxygen atoms in total. The number of carbonyl (C=O) groups is 6. The van der Waals surface area contributed by atoms with E-state index < -0.39 is 67.5 Å². The number of ketones is 1. The Morgan fingerprint density at radius 2 is 0.906 bits per heavy atom. The van der Waals surface area contributed by atoms with Gasteiger partial charge in [-0.15, -0.1) is 0 Å². The maximum absolute atomic E-state index is 13.1. The summed E-state index contributed by atoms with van der Waals surface area (Å²) >= 11 is 0. The average molecular weight is 920 g/mol. The molecule has 0 aromatic heterocycles. The number of hydrogen-bond donors (Lipinski definition) is 11. The molecule has 2 heterocycles. The first-order valence-electron chi connectivity index (χ1n) is 23.1. The van der Waals surface area contributed by atoms with Gasteiger partial charge in [0.15, 0.2) is 12.6 Å². The third-order valence-electron chi connectivity index (χ3n) is 11.1. The lowest BCUT2D eigenvalue weighted by Gasteiger charge is -2.38. The molecule has 2 rings (SSSR count). The highest BCUT2D eigenvalue weighted by Crippen LogP contribution is 2.23. The van der Waals surface area contributed by atoms with Crippen LogP contribution >= 0.6 is 0 Å². The molecular weight excluding hydrogens is 842 g/mol. The molecule has 0 spiro atoms. The summed E-state index contributed by atoms with van der Waals surface area (Å²) in [5.41, 5.74) is 0. The summed E-state index contributed by atoms with van der Waals surface area (Å²) < 4.78 is 21.5. The molecule has 2 saturated heterocycles. The molecule has 370 valence electrons. The number of ether oxygens (including phenoxy) is 4. The van der Waals surface area contributed by atoms with Crippen LogP contribution < -0.4 is 26.6 Å². The smallest absolute Gasteiger partial charge is 0.242 e. The highest BCUT2D eigenvalue weighted by atomic mass is 16.7. The van der Waals surface area contributed by atoms with Crippen LogP contribution in [0.4, 0.5) is 0 Å². The largest absolute Gasteiger partial charge is 0.388 e. The molecule has 0 aliphatic carbocycles. The number of unbranched alkanes of at least 4 members (excludes halogenated alkanes) is 6. The van der Waals surface area contributed by atoms with Crippen molar-refractivity contribution in [3.63, 3.8) is 0 Å². The van der Waals surface area contributed by atoms with Gasteiger partial charge in [0.1, 0.15) is 48.4 Å². The minimum Gasteiger partial charge on any atom is -0.388 e. The van der Waals surface area contributed by atoms with Crippen molar-refractivity contribution >= 4 is 35.3 Å². The molecule has 2 fully saturated rings. The van der Waals surface area contributed by atoms with Crippen LogP contribution in [-0.2, 0) is 47.7 Å². The molecule has 2 aliphatic rings. The second-order valence-electron chi connectivity index (χ2n) is 16.5. The van der Waals surface area contributed by atoms with E-state index in [0.717, 1.165) is 6.42 Å². The van der Waals surface area contributed by atoms with Crippen molar-refractivity contribution in [2.75, 3.05) is 39.4 Å². The van der Waals surface area contributed by atoms with Gasteiger partial charge in [0.2, 0.25) is 29.5 Å². The fraction of sp³-hybridized carbons (Fsp3) is 0.860. The normalized spacial score (nSPS) is 26.1. The van der Waals surface area contributed by atoms with Crippen molar-refractivity contribution in [2.24, 2.45) is 0 Å². The van der Waals surface area contributed by atoms with Crippen LogP contribution in [0.2, 0.25) is 0 Å². The molecule has 5 amide bonds. The zero-order valence-corrected chi connectivity index (χ0v) is 37.9. The molecule has 0 aromatic carbocycles. The first-order valence-corrected chi connectivity index (χ1v) is 23.1. The molecule has 0 bridgehead atoms. The number of Topliss-reactive ketones (excluding diaryl/α,β-unsaturated/α-hetero) is 1. The van der Waals surface area contributed by atoms with E-state index >= 15 is 0 Å². The Morgan fingerprint density at radius 1 is 0.484 bits per heavy atom. The fourth-order valence-electron chi connectivity index (χ4n) is 7.10. The third-order valence-corrected chi connectivity index (χ3v) is 11.1. The lowest BCUT2D eigenvalue weighted by Crippen LogP contribution is -2.57. The number of nitrogens with one attached hydrogen (secondary N) is 5. The highest BCUT2D eigenvalue weighted by Gasteiger charge is 2.43. The molecular formula is C43H77N5O16. The molecule has 0 unspecified atom stereocenters. The van der Waals surface area contributed by atoms with Crippen molar-refractivity contribution in [3.8, 4) is 0 Å². The zero-order valence-electron chi connectivity index (χ0n) is 37.9. The van der Waals surface area contributed by atoms with Crippen molar-refractivity contribution in [1.82, 2.24) is 26.6 Å². The lowest BCUT2D eigenvalue weighted by atomic mass is 10.0. The van der Waals surface area contributed by atoms with E-state index in [4.69, 9.17) is 18.9 Å². The summed E-state index contributed by atoms with van der Waals surface area (Å²) in [5.74, 6) is -1.07. The third kappa shape index (κ3) is 22.7. The van der Waals surface area contributed by atoms with Crippen LogP contribution in [0.15, 0.2) is 0 Å². The molecule has 0 aromatic rings. The Balaban J connectivity index is 1.64. The molecule has 2 aliphatic heterocycles. The van der Waals surface area contributed by atoms with Gasteiger partial charge in [0, 0.05) is 64.7 Å². The van der Waals surface area contributed by atoms with Crippen molar-refractivity contribution < 1.29 is 78.4 Å². The molecule has 21 heteroatoms. The summed E-state index contributed by atoms with van der Waals surface area (Å²) in [6.07, 6.45) is -4.13. The zero-order chi connectivity index (χ0) is 47.4. The summed E-state index contributed by atoms with van der Waals surface area (Å²) in [4.78, 5) is 74.7. The van der Waals surface area contributed by atoms with Crippen LogP contribution in [0.25, 0.3) is 0 Å². The van der Waals surface area contributed by atoms with E-state index in [0.29, 0.717) is 96.6 Å². The average Bonchev–Trinajstić information content (AvgIpc) is 3.26. The van der Waals surface area contributed by atoms with Gasteiger partial charge in [0.25, 0.3) is 0 Å². The molecule has 0 radical (unpaired) electrons. The fourth-order valence-corrected chi connectivity index (χ4v) is 7.10. The van der Waals surface area contributed by atoms with Gasteiger partial charge >= 0.3 is 0 Å². The quantitative estimate of drug-likeness (QED) is 0.0346. The van der Waals surface area contributed by atoms with E-state index in [1.54, 1.807) is 6.92 Å². The van der Waals surface area contributed by atoms with Crippen LogP contribution in [0.1, 0.15) is 130 Å². The van der Waals surface area contributed by atoms with Gasteiger partial charge in [-0.1, -0.05) is 19.3 Å². The number of rotatable bonds is 33. The van der Waals surface area contributed by atoms with Crippen molar-refractivity contribution in [1.29, 1.82) is 0 Å². The first kappa shape index (κ1) is 56.7. The SMILES string of the molecule is CCNC(=O)CCCCCNC(=O)[C@H](CCCCCC(=O)CCCCC(=O)NCCO[C@@H]1O[C@@H](C)[C@@H](O)[C@@H](O)[C@@H]1O)NC(=O)CCCCC(=O)NCCO[C@@H]1O[C@@H](C)[C@@H](O)[C@@H](O)[C@@H]1O. The Morgan fingerprint density at radius 3 is 1.41 bits per heavy atom. The number of amides is 5. The monoisotopic (exact) mass is 920 g/mol. The molecule has 0 saturated carbocycles. The lowest BCUT2D eigenvalue weighted by molar-refractivity contribution is -0.292. The van der Waals surface area contributed by atoms with Crippen LogP contribution in [0.5, 0.6) is 0 Å². The summed E-state index contributed by atoms with van der Waals surface area (Å²) in [6, 6.07) is -0.781. The van der Waals surface area contributed by atoms with Gasteiger partial charge in [-0.25, -0.2) is 0 Å². The minimum atomic E-state index is -1.44. The number of carbonyl (C=O) groups excluding carboxylic acids is 6. The predicted molar refractivity (Wildman–Crippen MR) is 230 cm³/mol. The van der Waals surface area contributed by atoms with E-state index in [1.807, 2.05) is 6.92 Å². The highest BCUT2D eigenvalue weighted by molar-refractivity contribution is 5.87. The Hall–Kier alpha value is -3.38. The van der Waals surface area contributed by atoms with E-state index in [-0.39, 0.29) is 80.9 Å². The number of aliphatic hydroxyl groups excluding tert-OH is 6. The standard InChI is InChI=1S/C43H77N5O16/c1-4-44-31(50)18-9-6-14-22-47-41(60)30(48-34(53)21-13-12-20-33(52)46-24-26-62-43-40(59)38(57)36(55)28(3)64-43)17-8-5-7-15-29(49)16-10-11-19-32(51)45-23-25-61-42-39(58)37(56)35(54)27(2)63-42/h27-28,30,35-40,42-43,54-59H,4-26H2,1-3H3,(H,44,50)(H,45,51)(H,46,52)(H,47,60)(H,48,53)/t27-,28-,30-,35+,36+,37+,38+,39-,40-,42+,43+/m0/s1. The topological polar surface area (TPSA) is 321 Å². The Kier molecular flexibility index (Phi) is 28.7. The predicted octanol–water partition coefficient (Wildman–Crippen LogP) is -1.16. The molecule has 64 heavy (non-hydrogen) atoms. The van der Waals surface area contributed by atoms with Gasteiger partial charge in [-0.05, 0) is 72.1 Å². The number of aliphatic hydroxyl groups is 6. The van der Waals surface area contributed by atoms with Gasteiger partial charge in [0.05, 0.1) is 25.4 Å². The van der Waals surface area contributed by atoms with Gasteiger partial charge in [-0.3, -0.25) is 28.8 Å². The molecule has 11 N–H and O–H groups in total. The Bertz CT molecular complexity index is 1400. The summed E-state index contributed by atoms with van der Waals surface area (Å²) in [5, 5.41) is 73.2. The minimum absolute atomic E-state index is 0.00366. The van der Waals surface area contributed by atoms with Crippen LogP contribution in [-0.4, -0.2) is 173 Å². The second kappa shape index (κ2) is 32.3. The van der Waals surface area contributed by atoms with Crippen molar-refractivity contribution in [3.05, 3.63) is 0 Å².